The number of benzene rings is 1. The molecule has 0 aliphatic heterocycles. The van der Waals surface area contributed by atoms with E-state index in [-0.39, 0.29) is 0 Å². The monoisotopic (exact) mass is 210 g/mol. The molecule has 5 nitrogen and oxygen atoms in total. The Kier molecular flexibility index (Phi) is 4.11. The highest BCUT2D eigenvalue weighted by atomic mass is 32.2. The molecule has 0 spiro atoms. The van der Waals surface area contributed by atoms with Gasteiger partial charge in [0, 0.05) is 23.7 Å². The Morgan fingerprint density at radius 2 is 1.50 bits per heavy atom. The van der Waals surface area contributed by atoms with Gasteiger partial charge in [0.15, 0.2) is 0 Å². The lowest BCUT2D eigenvalue weighted by Crippen LogP contribution is -1.97. The standard InChI is InChI=1S/C8H6N2.H3NO2S/c1-2-4-8-7(3-1)9-5-6-10-8;1-4(2)3/h1-6H;1H2,(H,2,3)/p-1. The maximum absolute atomic E-state index is 8.78. The minimum atomic E-state index is -2.36. The first-order chi connectivity index (χ1) is 6.70. The molecule has 0 saturated carbocycles. The molecule has 2 aromatic rings. The van der Waals surface area contributed by atoms with Crippen molar-refractivity contribution in [3.05, 3.63) is 36.7 Å². The maximum atomic E-state index is 8.78. The van der Waals surface area contributed by atoms with Gasteiger partial charge < -0.3 is 4.55 Å². The molecule has 0 aliphatic rings. The summed E-state index contributed by atoms with van der Waals surface area (Å²) >= 11 is -2.36. The molecule has 1 heterocycles. The van der Waals surface area contributed by atoms with Crippen molar-refractivity contribution in [3.8, 4) is 0 Å². The van der Waals surface area contributed by atoms with E-state index in [0.29, 0.717) is 0 Å². The van der Waals surface area contributed by atoms with Crippen molar-refractivity contribution in [2.24, 2.45) is 5.14 Å². The molecule has 6 heteroatoms. The van der Waals surface area contributed by atoms with E-state index >= 15 is 0 Å². The lowest BCUT2D eigenvalue weighted by atomic mass is 10.3. The summed E-state index contributed by atoms with van der Waals surface area (Å²) in [4.78, 5) is 8.24. The molecule has 1 atom stereocenters. The third-order valence-corrected chi connectivity index (χ3v) is 1.38. The second-order valence-electron chi connectivity index (χ2n) is 2.31. The van der Waals surface area contributed by atoms with Gasteiger partial charge in [0.2, 0.25) is 0 Å². The topological polar surface area (TPSA) is 91.9 Å². The van der Waals surface area contributed by atoms with Gasteiger partial charge in [-0.05, 0) is 12.1 Å². The van der Waals surface area contributed by atoms with Crippen LogP contribution in [0.15, 0.2) is 36.7 Å². The molecule has 0 saturated heterocycles. The van der Waals surface area contributed by atoms with Crippen molar-refractivity contribution < 1.29 is 8.76 Å². The van der Waals surface area contributed by atoms with Crippen LogP contribution in [0, 0.1) is 0 Å². The van der Waals surface area contributed by atoms with Crippen LogP contribution in [0.2, 0.25) is 0 Å². The Hall–Kier alpha value is -1.37. The summed E-state index contributed by atoms with van der Waals surface area (Å²) in [5.74, 6) is 0. The number of aromatic nitrogens is 2. The summed E-state index contributed by atoms with van der Waals surface area (Å²) in [5.41, 5.74) is 1.90. The van der Waals surface area contributed by atoms with Gasteiger partial charge >= 0.3 is 0 Å². The average Bonchev–Trinajstić information content (AvgIpc) is 2.17. The molecule has 74 valence electrons. The zero-order valence-electron chi connectivity index (χ0n) is 7.16. The molecule has 2 N–H and O–H groups in total. The average molecular weight is 210 g/mol. The van der Waals surface area contributed by atoms with Crippen molar-refractivity contribution in [2.45, 2.75) is 0 Å². The molecule has 0 aliphatic carbocycles. The van der Waals surface area contributed by atoms with E-state index in [0.717, 1.165) is 11.0 Å². The summed E-state index contributed by atoms with van der Waals surface area (Å²) in [6.45, 7) is 0. The van der Waals surface area contributed by atoms with Crippen LogP contribution in [0.3, 0.4) is 0 Å². The van der Waals surface area contributed by atoms with Gasteiger partial charge in [-0.2, -0.15) is 0 Å². The van der Waals surface area contributed by atoms with Crippen LogP contribution in [0.25, 0.3) is 11.0 Å². The molecular formula is C8H8N3O2S-. The molecule has 1 unspecified atom stereocenters. The Labute approximate surface area is 83.4 Å². The number of hydrogen-bond donors (Lipinski definition) is 1. The van der Waals surface area contributed by atoms with Crippen LogP contribution in [0.4, 0.5) is 0 Å². The molecule has 0 amide bonds. The number of para-hydroxylation sites is 2. The highest BCUT2D eigenvalue weighted by Gasteiger charge is 1.88. The zero-order chi connectivity index (χ0) is 10.4. The predicted molar refractivity (Wildman–Crippen MR) is 52.6 cm³/mol. The third-order valence-electron chi connectivity index (χ3n) is 1.38. The second-order valence-corrected chi connectivity index (χ2v) is 2.83. The fourth-order valence-electron chi connectivity index (χ4n) is 0.910. The Bertz CT molecular complexity index is 366. The number of nitrogens with zero attached hydrogens (tertiary/aromatic N) is 2. The molecule has 1 aromatic heterocycles. The largest absolute Gasteiger partial charge is 0.760 e. The van der Waals surface area contributed by atoms with Crippen molar-refractivity contribution in [1.82, 2.24) is 9.97 Å². The Balaban J connectivity index is 0.000000213. The van der Waals surface area contributed by atoms with Gasteiger partial charge in [0.05, 0.1) is 11.0 Å². The molecule has 2 rings (SSSR count). The minimum Gasteiger partial charge on any atom is -0.760 e. The van der Waals surface area contributed by atoms with E-state index in [2.05, 4.69) is 15.1 Å². The Morgan fingerprint density at radius 1 is 1.14 bits per heavy atom. The quantitative estimate of drug-likeness (QED) is 0.636. The first-order valence-electron chi connectivity index (χ1n) is 3.69. The van der Waals surface area contributed by atoms with E-state index in [1.54, 1.807) is 12.4 Å². The van der Waals surface area contributed by atoms with Crippen molar-refractivity contribution in [3.63, 3.8) is 0 Å². The zero-order valence-corrected chi connectivity index (χ0v) is 7.98. The smallest absolute Gasteiger partial charge is 0.0886 e. The van der Waals surface area contributed by atoms with E-state index < -0.39 is 11.3 Å². The van der Waals surface area contributed by atoms with Crippen LogP contribution in [0.1, 0.15) is 0 Å². The van der Waals surface area contributed by atoms with Gasteiger partial charge in [-0.1, -0.05) is 12.1 Å². The molecule has 1 aromatic carbocycles. The van der Waals surface area contributed by atoms with Gasteiger partial charge in [-0.15, -0.1) is 0 Å². The van der Waals surface area contributed by atoms with Crippen LogP contribution < -0.4 is 5.14 Å². The highest BCUT2D eigenvalue weighted by Crippen LogP contribution is 2.04. The minimum absolute atomic E-state index is 0.949. The van der Waals surface area contributed by atoms with Crippen LogP contribution in [0.5, 0.6) is 0 Å². The fourth-order valence-corrected chi connectivity index (χ4v) is 0.910. The van der Waals surface area contributed by atoms with Gasteiger partial charge in [-0.3, -0.25) is 19.3 Å². The summed E-state index contributed by atoms with van der Waals surface area (Å²) in [6, 6.07) is 7.80. The summed E-state index contributed by atoms with van der Waals surface area (Å²) in [7, 11) is 0. The van der Waals surface area contributed by atoms with Crippen molar-refractivity contribution >= 4 is 22.3 Å². The van der Waals surface area contributed by atoms with Gasteiger partial charge in [-0.25, -0.2) is 0 Å². The van der Waals surface area contributed by atoms with Crippen LogP contribution in [-0.2, 0) is 11.3 Å². The molecule has 0 radical (unpaired) electrons. The number of nitrogens with two attached hydrogens (primary N) is 1. The lowest BCUT2D eigenvalue weighted by Gasteiger charge is -1.90. The summed E-state index contributed by atoms with van der Waals surface area (Å²) < 4.78 is 17.6. The fraction of sp³-hybridized carbons (Fsp3) is 0. The van der Waals surface area contributed by atoms with Crippen LogP contribution >= 0.6 is 0 Å². The van der Waals surface area contributed by atoms with Crippen molar-refractivity contribution in [2.75, 3.05) is 0 Å². The van der Waals surface area contributed by atoms with E-state index in [1.807, 2.05) is 24.3 Å². The van der Waals surface area contributed by atoms with Gasteiger partial charge in [0.1, 0.15) is 0 Å². The number of rotatable bonds is 0. The molecular weight excluding hydrogens is 202 g/mol. The summed E-state index contributed by atoms with van der Waals surface area (Å²) in [5, 5.41) is 4.03. The van der Waals surface area contributed by atoms with E-state index in [1.165, 1.54) is 0 Å². The van der Waals surface area contributed by atoms with E-state index in [9.17, 15) is 0 Å². The molecule has 14 heavy (non-hydrogen) atoms. The lowest BCUT2D eigenvalue weighted by molar-refractivity contribution is 0.539. The number of fused-ring (bicyclic) bond motifs is 1. The highest BCUT2D eigenvalue weighted by molar-refractivity contribution is 7.76. The summed E-state index contributed by atoms with van der Waals surface area (Å²) in [6.07, 6.45) is 3.39. The first kappa shape index (κ1) is 10.7. The predicted octanol–water partition coefficient (Wildman–Crippen LogP) is 0.369. The Morgan fingerprint density at radius 3 is 1.86 bits per heavy atom. The number of hydrogen-bond acceptors (Lipinski definition) is 4. The van der Waals surface area contributed by atoms with Gasteiger partial charge in [0.25, 0.3) is 0 Å². The molecule has 0 bridgehead atoms. The van der Waals surface area contributed by atoms with Crippen molar-refractivity contribution in [1.29, 1.82) is 0 Å². The maximum Gasteiger partial charge on any atom is 0.0886 e. The first-order valence-corrected chi connectivity index (χ1v) is 4.83. The SMILES string of the molecule is NS(=O)[O-].c1ccc2nccnc2c1. The second kappa shape index (κ2) is 5.38. The third kappa shape index (κ3) is 3.56. The van der Waals surface area contributed by atoms with Crippen LogP contribution in [-0.4, -0.2) is 18.7 Å². The van der Waals surface area contributed by atoms with E-state index in [4.69, 9.17) is 8.76 Å². The normalized spacial score (nSPS) is 11.6. The molecule has 0 fully saturated rings.